The molecule has 1 fully saturated rings. The van der Waals surface area contributed by atoms with Crippen molar-refractivity contribution in [1.29, 1.82) is 0 Å². The molecule has 0 saturated carbocycles. The molecule has 94 valence electrons. The summed E-state index contributed by atoms with van der Waals surface area (Å²) in [7, 11) is 0. The Balaban J connectivity index is 2.32. The lowest BCUT2D eigenvalue weighted by Crippen LogP contribution is -2.47. The molecule has 1 heterocycles. The first kappa shape index (κ1) is 13.5. The molecular weight excluding hydrogens is 200 g/mol. The van der Waals surface area contributed by atoms with Gasteiger partial charge >= 0.3 is 0 Å². The predicted molar refractivity (Wildman–Crippen MR) is 67.3 cm³/mol. The zero-order chi connectivity index (χ0) is 12.0. The third kappa shape index (κ3) is 4.97. The van der Waals surface area contributed by atoms with Crippen LogP contribution in [0.25, 0.3) is 0 Å². The van der Waals surface area contributed by atoms with Gasteiger partial charge in [-0.1, -0.05) is 26.7 Å². The summed E-state index contributed by atoms with van der Waals surface area (Å²) in [6.45, 7) is 7.45. The van der Waals surface area contributed by atoms with Crippen LogP contribution >= 0.6 is 0 Å². The Hall–Kier alpha value is -0.570. The minimum Gasteiger partial charge on any atom is -0.352 e. The second kappa shape index (κ2) is 6.89. The van der Waals surface area contributed by atoms with Gasteiger partial charge in [-0.05, 0) is 38.6 Å². The molecule has 0 aromatic carbocycles. The third-order valence-electron chi connectivity index (χ3n) is 3.09. The van der Waals surface area contributed by atoms with E-state index < -0.39 is 0 Å². The van der Waals surface area contributed by atoms with Gasteiger partial charge in [-0.3, -0.25) is 4.79 Å². The van der Waals surface area contributed by atoms with Gasteiger partial charge in [-0.25, -0.2) is 0 Å². The number of nitrogens with one attached hydrogen (secondary N) is 2. The molecule has 0 aromatic rings. The van der Waals surface area contributed by atoms with Crippen LogP contribution in [0.15, 0.2) is 0 Å². The molecule has 2 atom stereocenters. The number of rotatable bonds is 4. The maximum atomic E-state index is 12.0. The van der Waals surface area contributed by atoms with E-state index in [2.05, 4.69) is 31.4 Å². The van der Waals surface area contributed by atoms with E-state index in [4.69, 9.17) is 0 Å². The molecule has 0 aliphatic carbocycles. The Kier molecular flexibility index (Phi) is 5.81. The first-order valence-electron chi connectivity index (χ1n) is 6.63. The molecule has 0 spiro atoms. The zero-order valence-electron chi connectivity index (χ0n) is 10.9. The summed E-state index contributed by atoms with van der Waals surface area (Å²) in [6, 6.07) is 0.328. The molecule has 2 N–H and O–H groups in total. The Morgan fingerprint density at radius 1 is 1.31 bits per heavy atom. The van der Waals surface area contributed by atoms with Gasteiger partial charge in [-0.2, -0.15) is 0 Å². The summed E-state index contributed by atoms with van der Waals surface area (Å²) in [4.78, 5) is 12.0. The molecule has 16 heavy (non-hydrogen) atoms. The van der Waals surface area contributed by atoms with Crippen molar-refractivity contribution in [2.75, 3.05) is 6.54 Å². The highest BCUT2D eigenvalue weighted by Crippen LogP contribution is 2.09. The fourth-order valence-corrected chi connectivity index (χ4v) is 2.36. The average molecular weight is 226 g/mol. The largest absolute Gasteiger partial charge is 0.352 e. The van der Waals surface area contributed by atoms with Gasteiger partial charge < -0.3 is 10.6 Å². The lowest BCUT2D eigenvalue weighted by atomic mass is 10.0. The van der Waals surface area contributed by atoms with Crippen molar-refractivity contribution in [2.45, 2.75) is 65.0 Å². The van der Waals surface area contributed by atoms with Gasteiger partial charge in [-0.15, -0.1) is 0 Å². The van der Waals surface area contributed by atoms with Gasteiger partial charge in [0, 0.05) is 6.04 Å². The number of hydrogen-bond donors (Lipinski definition) is 2. The smallest absolute Gasteiger partial charge is 0.237 e. The minimum atomic E-state index is 0.0390. The quantitative estimate of drug-likeness (QED) is 0.770. The summed E-state index contributed by atoms with van der Waals surface area (Å²) in [5.74, 6) is 0.826. The fraction of sp³-hybridized carbons (Fsp3) is 0.923. The van der Waals surface area contributed by atoms with E-state index in [1.807, 2.05) is 0 Å². The molecule has 1 aliphatic rings. The average Bonchev–Trinajstić information content (AvgIpc) is 2.43. The van der Waals surface area contributed by atoms with Crippen LogP contribution in [0.5, 0.6) is 0 Å². The predicted octanol–water partition coefficient (Wildman–Crippen LogP) is 2.07. The highest BCUT2D eigenvalue weighted by atomic mass is 16.2. The summed E-state index contributed by atoms with van der Waals surface area (Å²) >= 11 is 0. The Morgan fingerprint density at radius 3 is 2.75 bits per heavy atom. The van der Waals surface area contributed by atoms with Crippen LogP contribution in [0, 0.1) is 5.92 Å². The van der Waals surface area contributed by atoms with Crippen molar-refractivity contribution in [1.82, 2.24) is 10.6 Å². The van der Waals surface area contributed by atoms with Crippen LogP contribution in [0.4, 0.5) is 0 Å². The van der Waals surface area contributed by atoms with Crippen molar-refractivity contribution in [2.24, 2.45) is 5.92 Å². The van der Waals surface area contributed by atoms with Crippen LogP contribution in [-0.2, 0) is 4.79 Å². The second-order valence-corrected chi connectivity index (χ2v) is 5.40. The summed E-state index contributed by atoms with van der Waals surface area (Å²) in [5.41, 5.74) is 0. The molecule has 1 saturated heterocycles. The molecule has 3 nitrogen and oxygen atoms in total. The van der Waals surface area contributed by atoms with Crippen molar-refractivity contribution in [3.8, 4) is 0 Å². The fourth-order valence-electron chi connectivity index (χ4n) is 2.36. The lowest BCUT2D eigenvalue weighted by Gasteiger charge is -2.20. The molecule has 1 amide bonds. The monoisotopic (exact) mass is 226 g/mol. The highest BCUT2D eigenvalue weighted by Gasteiger charge is 2.20. The van der Waals surface area contributed by atoms with Crippen molar-refractivity contribution >= 4 is 5.91 Å². The Bertz CT molecular complexity index is 208. The highest BCUT2D eigenvalue weighted by molar-refractivity contribution is 5.81. The molecule has 1 rings (SSSR count). The summed E-state index contributed by atoms with van der Waals surface area (Å²) < 4.78 is 0. The van der Waals surface area contributed by atoms with Crippen LogP contribution < -0.4 is 10.6 Å². The molecular formula is C13H26N2O. The van der Waals surface area contributed by atoms with Gasteiger partial charge in [0.05, 0.1) is 6.04 Å². The first-order valence-corrected chi connectivity index (χ1v) is 6.63. The first-order chi connectivity index (χ1) is 7.59. The van der Waals surface area contributed by atoms with E-state index in [-0.39, 0.29) is 18.0 Å². The normalized spacial score (nSPS) is 23.9. The van der Waals surface area contributed by atoms with Crippen LogP contribution in [0.2, 0.25) is 0 Å². The third-order valence-corrected chi connectivity index (χ3v) is 3.09. The van der Waals surface area contributed by atoms with Gasteiger partial charge in [0.25, 0.3) is 0 Å². The second-order valence-electron chi connectivity index (χ2n) is 5.40. The molecule has 3 heteroatoms. The molecule has 2 unspecified atom stereocenters. The van der Waals surface area contributed by atoms with Gasteiger partial charge in [0.15, 0.2) is 0 Å². The van der Waals surface area contributed by atoms with E-state index in [0.717, 1.165) is 19.4 Å². The topological polar surface area (TPSA) is 41.1 Å². The Labute approximate surface area is 99.4 Å². The molecule has 0 bridgehead atoms. The Morgan fingerprint density at radius 2 is 2.06 bits per heavy atom. The van der Waals surface area contributed by atoms with E-state index in [0.29, 0.717) is 5.92 Å². The summed E-state index contributed by atoms with van der Waals surface area (Å²) in [6.07, 6.45) is 5.66. The van der Waals surface area contributed by atoms with E-state index in [1.165, 1.54) is 19.3 Å². The van der Waals surface area contributed by atoms with Crippen LogP contribution in [-0.4, -0.2) is 24.5 Å². The maximum Gasteiger partial charge on any atom is 0.237 e. The van der Waals surface area contributed by atoms with E-state index >= 15 is 0 Å². The van der Waals surface area contributed by atoms with Crippen molar-refractivity contribution in [3.63, 3.8) is 0 Å². The van der Waals surface area contributed by atoms with Gasteiger partial charge in [0.1, 0.15) is 0 Å². The van der Waals surface area contributed by atoms with Crippen LogP contribution in [0.3, 0.4) is 0 Å². The minimum absolute atomic E-state index is 0.0390. The summed E-state index contributed by atoms with van der Waals surface area (Å²) in [5, 5.41) is 6.44. The number of carbonyl (C=O) groups excluding carboxylic acids is 1. The lowest BCUT2D eigenvalue weighted by molar-refractivity contribution is -0.123. The van der Waals surface area contributed by atoms with Crippen molar-refractivity contribution < 1.29 is 4.79 Å². The SMILES string of the molecule is CC(C)CC(C)NC(=O)C1CCCCCN1. The van der Waals surface area contributed by atoms with E-state index in [9.17, 15) is 4.79 Å². The maximum absolute atomic E-state index is 12.0. The van der Waals surface area contributed by atoms with Crippen molar-refractivity contribution in [3.05, 3.63) is 0 Å². The number of carbonyl (C=O) groups is 1. The number of amides is 1. The van der Waals surface area contributed by atoms with E-state index in [1.54, 1.807) is 0 Å². The molecule has 0 radical (unpaired) electrons. The van der Waals surface area contributed by atoms with Crippen LogP contribution in [0.1, 0.15) is 52.9 Å². The standard InChI is InChI=1S/C13H26N2O/c1-10(2)9-11(3)15-13(16)12-7-5-4-6-8-14-12/h10-12,14H,4-9H2,1-3H3,(H,15,16). The number of hydrogen-bond acceptors (Lipinski definition) is 2. The molecule has 0 aromatic heterocycles. The molecule has 1 aliphatic heterocycles. The zero-order valence-corrected chi connectivity index (χ0v) is 10.9. The van der Waals surface area contributed by atoms with Gasteiger partial charge in [0.2, 0.25) is 5.91 Å².